The van der Waals surface area contributed by atoms with Crippen molar-refractivity contribution >= 4 is 11.6 Å². The number of unbranched alkanes of at least 4 members (excludes halogenated alkanes) is 1. The first kappa shape index (κ1) is 10.8. The Morgan fingerprint density at radius 3 is 2.79 bits per heavy atom. The van der Waals surface area contributed by atoms with Gasteiger partial charge in [0.05, 0.1) is 0 Å². The second-order valence-corrected chi connectivity index (χ2v) is 3.48. The summed E-state index contributed by atoms with van der Waals surface area (Å²) in [5.74, 6) is 1.16. The number of nitrogens with two attached hydrogens (primary N) is 1. The van der Waals surface area contributed by atoms with Gasteiger partial charge in [-0.2, -0.15) is 0 Å². The standard InChI is InChI=1S/C10H18N4/c1-3-4-5-8(2)14-10-9(11)12-6-7-13-10/h6-8H,3-5H2,1-2H3,(H2,11,12)(H,13,14). The number of hydrogen-bond donors (Lipinski definition) is 2. The van der Waals surface area contributed by atoms with Crippen LogP contribution in [0, 0.1) is 0 Å². The molecule has 1 aromatic heterocycles. The summed E-state index contributed by atoms with van der Waals surface area (Å²) in [4.78, 5) is 8.09. The largest absolute Gasteiger partial charge is 0.381 e. The van der Waals surface area contributed by atoms with E-state index in [4.69, 9.17) is 5.73 Å². The number of rotatable bonds is 5. The molecule has 0 aliphatic rings. The normalized spacial score (nSPS) is 12.4. The number of hydrogen-bond acceptors (Lipinski definition) is 4. The molecule has 4 heteroatoms. The van der Waals surface area contributed by atoms with Crippen molar-refractivity contribution < 1.29 is 0 Å². The number of anilines is 2. The summed E-state index contributed by atoms with van der Waals surface area (Å²) in [5, 5.41) is 3.25. The van der Waals surface area contributed by atoms with E-state index in [-0.39, 0.29) is 0 Å². The van der Waals surface area contributed by atoms with E-state index in [1.54, 1.807) is 12.4 Å². The van der Waals surface area contributed by atoms with E-state index in [1.807, 2.05) is 0 Å². The Balaban J connectivity index is 2.47. The minimum atomic E-state index is 0.397. The van der Waals surface area contributed by atoms with Gasteiger partial charge in [-0.1, -0.05) is 19.8 Å². The van der Waals surface area contributed by atoms with E-state index >= 15 is 0 Å². The van der Waals surface area contributed by atoms with E-state index in [9.17, 15) is 0 Å². The topological polar surface area (TPSA) is 63.8 Å². The monoisotopic (exact) mass is 194 g/mol. The number of nitrogens with one attached hydrogen (secondary N) is 1. The average Bonchev–Trinajstić information content (AvgIpc) is 2.18. The van der Waals surface area contributed by atoms with Crippen molar-refractivity contribution in [2.24, 2.45) is 0 Å². The molecule has 0 bridgehead atoms. The Morgan fingerprint density at radius 1 is 1.43 bits per heavy atom. The van der Waals surface area contributed by atoms with Gasteiger partial charge in [0, 0.05) is 18.4 Å². The van der Waals surface area contributed by atoms with E-state index in [0.717, 1.165) is 6.42 Å². The first-order valence-electron chi connectivity index (χ1n) is 5.07. The smallest absolute Gasteiger partial charge is 0.169 e. The number of aromatic nitrogens is 2. The van der Waals surface area contributed by atoms with Crippen LogP contribution in [0.1, 0.15) is 33.1 Å². The second-order valence-electron chi connectivity index (χ2n) is 3.48. The van der Waals surface area contributed by atoms with Crippen LogP contribution in [0.25, 0.3) is 0 Å². The third-order valence-corrected chi connectivity index (χ3v) is 2.10. The van der Waals surface area contributed by atoms with Gasteiger partial charge in [-0.05, 0) is 13.3 Å². The molecule has 1 unspecified atom stereocenters. The average molecular weight is 194 g/mol. The number of nitrogens with zero attached hydrogens (tertiary/aromatic N) is 2. The minimum absolute atomic E-state index is 0.397. The van der Waals surface area contributed by atoms with Crippen LogP contribution in [0.4, 0.5) is 11.6 Å². The van der Waals surface area contributed by atoms with Crippen molar-refractivity contribution in [2.45, 2.75) is 39.2 Å². The van der Waals surface area contributed by atoms with Crippen molar-refractivity contribution in [2.75, 3.05) is 11.1 Å². The molecule has 1 heterocycles. The molecule has 78 valence electrons. The highest BCUT2D eigenvalue weighted by Gasteiger charge is 2.05. The summed E-state index contributed by atoms with van der Waals surface area (Å²) >= 11 is 0. The lowest BCUT2D eigenvalue weighted by Gasteiger charge is -2.14. The van der Waals surface area contributed by atoms with Crippen LogP contribution in [0.5, 0.6) is 0 Å². The maximum absolute atomic E-state index is 5.66. The third kappa shape index (κ3) is 3.20. The molecule has 0 spiro atoms. The molecule has 0 aliphatic heterocycles. The van der Waals surface area contributed by atoms with Crippen LogP contribution >= 0.6 is 0 Å². The van der Waals surface area contributed by atoms with Gasteiger partial charge in [0.2, 0.25) is 0 Å². The zero-order valence-electron chi connectivity index (χ0n) is 8.83. The zero-order chi connectivity index (χ0) is 10.4. The van der Waals surface area contributed by atoms with E-state index < -0.39 is 0 Å². The predicted molar refractivity (Wildman–Crippen MR) is 59.1 cm³/mol. The Hall–Kier alpha value is -1.32. The van der Waals surface area contributed by atoms with Gasteiger partial charge in [-0.25, -0.2) is 9.97 Å². The molecule has 0 radical (unpaired) electrons. The lowest BCUT2D eigenvalue weighted by molar-refractivity contribution is 0.643. The maximum atomic E-state index is 5.66. The van der Waals surface area contributed by atoms with Crippen molar-refractivity contribution in [1.29, 1.82) is 0 Å². The summed E-state index contributed by atoms with van der Waals surface area (Å²) in [5.41, 5.74) is 5.66. The quantitative estimate of drug-likeness (QED) is 0.753. The van der Waals surface area contributed by atoms with Gasteiger partial charge in [0.15, 0.2) is 11.6 Å². The van der Waals surface area contributed by atoms with Gasteiger partial charge in [-0.3, -0.25) is 0 Å². The summed E-state index contributed by atoms with van der Waals surface area (Å²) in [7, 11) is 0. The summed E-state index contributed by atoms with van der Waals surface area (Å²) in [6.07, 6.45) is 6.80. The first-order chi connectivity index (χ1) is 6.74. The molecule has 0 aromatic carbocycles. The molecule has 0 saturated carbocycles. The SMILES string of the molecule is CCCCC(C)Nc1nccnc1N. The fraction of sp³-hybridized carbons (Fsp3) is 0.600. The Morgan fingerprint density at radius 2 is 2.14 bits per heavy atom. The van der Waals surface area contributed by atoms with Crippen LogP contribution in [-0.2, 0) is 0 Å². The zero-order valence-corrected chi connectivity index (χ0v) is 8.83. The molecule has 1 atom stereocenters. The molecule has 0 saturated heterocycles. The van der Waals surface area contributed by atoms with Crippen molar-refractivity contribution in [3.63, 3.8) is 0 Å². The van der Waals surface area contributed by atoms with E-state index in [2.05, 4.69) is 29.1 Å². The summed E-state index contributed by atoms with van der Waals surface area (Å²) < 4.78 is 0. The Bertz CT molecular complexity index is 275. The van der Waals surface area contributed by atoms with Gasteiger partial charge in [0.1, 0.15) is 0 Å². The highest BCUT2D eigenvalue weighted by molar-refractivity contribution is 5.55. The van der Waals surface area contributed by atoms with Crippen molar-refractivity contribution in [3.05, 3.63) is 12.4 Å². The molecule has 14 heavy (non-hydrogen) atoms. The van der Waals surface area contributed by atoms with Gasteiger partial charge >= 0.3 is 0 Å². The molecular formula is C10H18N4. The lowest BCUT2D eigenvalue weighted by Crippen LogP contribution is -2.17. The molecular weight excluding hydrogens is 176 g/mol. The first-order valence-corrected chi connectivity index (χ1v) is 5.07. The molecule has 1 rings (SSSR count). The third-order valence-electron chi connectivity index (χ3n) is 2.10. The molecule has 0 aliphatic carbocycles. The Labute approximate surface area is 85.0 Å². The molecule has 4 nitrogen and oxygen atoms in total. The summed E-state index contributed by atoms with van der Waals surface area (Å²) in [6.45, 7) is 4.31. The maximum Gasteiger partial charge on any atom is 0.169 e. The van der Waals surface area contributed by atoms with Gasteiger partial charge < -0.3 is 11.1 Å². The van der Waals surface area contributed by atoms with Crippen molar-refractivity contribution in [1.82, 2.24) is 9.97 Å². The lowest BCUT2D eigenvalue weighted by atomic mass is 10.1. The van der Waals surface area contributed by atoms with Crippen LogP contribution in [-0.4, -0.2) is 16.0 Å². The van der Waals surface area contributed by atoms with E-state index in [0.29, 0.717) is 17.7 Å². The molecule has 1 aromatic rings. The van der Waals surface area contributed by atoms with Crippen LogP contribution in [0.3, 0.4) is 0 Å². The fourth-order valence-corrected chi connectivity index (χ4v) is 1.28. The second kappa shape index (κ2) is 5.42. The van der Waals surface area contributed by atoms with Gasteiger partial charge in [-0.15, -0.1) is 0 Å². The number of nitrogen functional groups attached to an aromatic ring is 1. The fourth-order valence-electron chi connectivity index (χ4n) is 1.28. The Kier molecular flexibility index (Phi) is 4.16. The highest BCUT2D eigenvalue weighted by atomic mass is 15.1. The van der Waals surface area contributed by atoms with Gasteiger partial charge in [0.25, 0.3) is 0 Å². The highest BCUT2D eigenvalue weighted by Crippen LogP contribution is 2.13. The summed E-state index contributed by atoms with van der Waals surface area (Å²) in [6, 6.07) is 0.397. The van der Waals surface area contributed by atoms with Crippen LogP contribution in [0.15, 0.2) is 12.4 Å². The minimum Gasteiger partial charge on any atom is -0.381 e. The molecule has 0 fully saturated rings. The molecule has 3 N–H and O–H groups in total. The molecule has 0 amide bonds. The van der Waals surface area contributed by atoms with Crippen LogP contribution < -0.4 is 11.1 Å². The van der Waals surface area contributed by atoms with E-state index in [1.165, 1.54) is 12.8 Å². The van der Waals surface area contributed by atoms with Crippen molar-refractivity contribution in [3.8, 4) is 0 Å². The predicted octanol–water partition coefficient (Wildman–Crippen LogP) is 2.05. The van der Waals surface area contributed by atoms with Crippen LogP contribution in [0.2, 0.25) is 0 Å².